The zero-order valence-electron chi connectivity index (χ0n) is 12.7. The molecule has 1 aromatic carbocycles. The zero-order valence-corrected chi connectivity index (χ0v) is 13.5. The lowest BCUT2D eigenvalue weighted by Crippen LogP contribution is -2.32. The van der Waals surface area contributed by atoms with Crippen molar-refractivity contribution in [3.05, 3.63) is 36.0 Å². The third-order valence-corrected chi connectivity index (χ3v) is 5.57. The van der Waals surface area contributed by atoms with Gasteiger partial charge in [-0.2, -0.15) is 13.5 Å². The van der Waals surface area contributed by atoms with Gasteiger partial charge in [0.1, 0.15) is 5.75 Å². The molecule has 0 amide bonds. The number of rotatable bonds is 3. The van der Waals surface area contributed by atoms with E-state index in [1.54, 1.807) is 26.4 Å². The summed E-state index contributed by atoms with van der Waals surface area (Å²) in [6, 6.07) is 7.14. The summed E-state index contributed by atoms with van der Waals surface area (Å²) in [6.45, 7) is 0.457. The highest BCUT2D eigenvalue weighted by Gasteiger charge is 2.30. The number of hydrogen-bond donors (Lipinski definition) is 0. The van der Waals surface area contributed by atoms with Crippen molar-refractivity contribution in [1.29, 1.82) is 0 Å². The van der Waals surface area contributed by atoms with Crippen LogP contribution in [0.5, 0.6) is 5.75 Å². The van der Waals surface area contributed by atoms with Crippen LogP contribution in [0.25, 0.3) is 0 Å². The van der Waals surface area contributed by atoms with Crippen molar-refractivity contribution < 1.29 is 13.2 Å². The van der Waals surface area contributed by atoms with Crippen LogP contribution in [0.4, 0.5) is 5.69 Å². The Labute approximate surface area is 130 Å². The van der Waals surface area contributed by atoms with Gasteiger partial charge in [-0.25, -0.2) is 0 Å². The Morgan fingerprint density at radius 2 is 2.05 bits per heavy atom. The van der Waals surface area contributed by atoms with E-state index in [9.17, 15) is 8.42 Å². The minimum Gasteiger partial charge on any atom is -0.497 e. The third-order valence-electron chi connectivity index (χ3n) is 3.86. The van der Waals surface area contributed by atoms with Crippen LogP contribution in [0.3, 0.4) is 0 Å². The van der Waals surface area contributed by atoms with Gasteiger partial charge < -0.3 is 4.74 Å². The van der Waals surface area contributed by atoms with E-state index in [2.05, 4.69) is 5.10 Å². The summed E-state index contributed by atoms with van der Waals surface area (Å²) in [7, 11) is -0.371. The van der Waals surface area contributed by atoms with E-state index in [-0.39, 0.29) is 5.03 Å². The van der Waals surface area contributed by atoms with Crippen molar-refractivity contribution in [3.63, 3.8) is 0 Å². The molecule has 118 valence electrons. The largest absolute Gasteiger partial charge is 0.497 e. The summed E-state index contributed by atoms with van der Waals surface area (Å²) in [5.74, 6) is 0.655. The molecule has 0 spiro atoms. The molecule has 6 nitrogen and oxygen atoms in total. The van der Waals surface area contributed by atoms with Gasteiger partial charge in [-0.15, -0.1) is 0 Å². The molecule has 0 unspecified atom stereocenters. The molecule has 22 heavy (non-hydrogen) atoms. The van der Waals surface area contributed by atoms with Crippen molar-refractivity contribution in [3.8, 4) is 5.75 Å². The molecule has 0 saturated heterocycles. The van der Waals surface area contributed by atoms with Gasteiger partial charge in [-0.1, -0.05) is 6.07 Å². The Morgan fingerprint density at radius 3 is 2.73 bits per heavy atom. The maximum Gasteiger partial charge on any atom is 0.283 e. The SMILES string of the molecule is COc1ccc2c(c1)N(S(=O)(=O)c1ccn(C)n1)CCCC2. The second kappa shape index (κ2) is 5.64. The number of ether oxygens (including phenoxy) is 1. The van der Waals surface area contributed by atoms with E-state index in [4.69, 9.17) is 4.74 Å². The topological polar surface area (TPSA) is 64.4 Å². The van der Waals surface area contributed by atoms with Crippen LogP contribution in [0.15, 0.2) is 35.5 Å². The molecule has 2 aromatic rings. The standard InChI is InChI=1S/C15H19N3O3S/c1-17-10-8-15(16-17)22(19,20)18-9-4-3-5-12-6-7-13(21-2)11-14(12)18/h6-8,10-11H,3-5,9H2,1-2H3. The van der Waals surface area contributed by atoms with Gasteiger partial charge in [0, 0.05) is 25.9 Å². The number of fused-ring (bicyclic) bond motifs is 1. The molecule has 2 heterocycles. The number of benzene rings is 1. The number of sulfonamides is 1. The summed E-state index contributed by atoms with van der Waals surface area (Å²) >= 11 is 0. The maximum atomic E-state index is 12.9. The molecule has 0 bridgehead atoms. The molecule has 0 atom stereocenters. The summed E-state index contributed by atoms with van der Waals surface area (Å²) in [5.41, 5.74) is 1.72. The lowest BCUT2D eigenvalue weighted by atomic mass is 10.1. The highest BCUT2D eigenvalue weighted by atomic mass is 32.2. The lowest BCUT2D eigenvalue weighted by Gasteiger charge is -2.23. The summed E-state index contributed by atoms with van der Waals surface area (Å²) in [6.07, 6.45) is 4.29. The highest BCUT2D eigenvalue weighted by molar-refractivity contribution is 7.92. The molecule has 1 aliphatic rings. The quantitative estimate of drug-likeness (QED) is 0.867. The van der Waals surface area contributed by atoms with E-state index in [1.165, 1.54) is 15.1 Å². The summed E-state index contributed by atoms with van der Waals surface area (Å²) in [4.78, 5) is 0. The van der Waals surface area contributed by atoms with E-state index < -0.39 is 10.0 Å². The fourth-order valence-corrected chi connectivity index (χ4v) is 4.19. The first-order valence-corrected chi connectivity index (χ1v) is 8.65. The average molecular weight is 321 g/mol. The number of methoxy groups -OCH3 is 1. The number of aryl methyl sites for hydroxylation is 2. The first-order valence-electron chi connectivity index (χ1n) is 7.21. The van der Waals surface area contributed by atoms with E-state index in [0.717, 1.165) is 24.8 Å². The number of nitrogens with zero attached hydrogens (tertiary/aromatic N) is 3. The van der Waals surface area contributed by atoms with Crippen LogP contribution in [-0.2, 0) is 23.5 Å². The molecule has 0 N–H and O–H groups in total. The number of aromatic nitrogens is 2. The zero-order chi connectivity index (χ0) is 15.7. The van der Waals surface area contributed by atoms with Crippen LogP contribution in [0, 0.1) is 0 Å². The van der Waals surface area contributed by atoms with Crippen LogP contribution < -0.4 is 9.04 Å². The Hall–Kier alpha value is -2.02. The van der Waals surface area contributed by atoms with Gasteiger partial charge in [0.2, 0.25) is 0 Å². The second-order valence-corrected chi connectivity index (χ2v) is 7.17. The van der Waals surface area contributed by atoms with Crippen molar-refractivity contribution in [2.75, 3.05) is 18.0 Å². The van der Waals surface area contributed by atoms with E-state index in [0.29, 0.717) is 18.0 Å². The molecule has 0 radical (unpaired) electrons. The van der Waals surface area contributed by atoms with E-state index >= 15 is 0 Å². The van der Waals surface area contributed by atoms with Crippen molar-refractivity contribution in [1.82, 2.24) is 9.78 Å². The Kier molecular flexibility index (Phi) is 3.82. The molecular formula is C15H19N3O3S. The van der Waals surface area contributed by atoms with Gasteiger partial charge in [0.15, 0.2) is 5.03 Å². The Morgan fingerprint density at radius 1 is 1.23 bits per heavy atom. The first kappa shape index (κ1) is 14.9. The predicted octanol–water partition coefficient (Wildman–Crippen LogP) is 1.96. The third kappa shape index (κ3) is 2.56. The maximum absolute atomic E-state index is 12.9. The van der Waals surface area contributed by atoms with Gasteiger partial charge >= 0.3 is 0 Å². The Bertz CT molecular complexity index is 783. The Balaban J connectivity index is 2.11. The second-order valence-electron chi connectivity index (χ2n) is 5.36. The molecule has 0 saturated carbocycles. The molecule has 1 aromatic heterocycles. The summed E-state index contributed by atoms with van der Waals surface area (Å²) in [5, 5.41) is 4.13. The molecule has 0 aliphatic carbocycles. The van der Waals surface area contributed by atoms with E-state index in [1.807, 2.05) is 12.1 Å². The van der Waals surface area contributed by atoms with Crippen molar-refractivity contribution in [2.45, 2.75) is 24.3 Å². The normalized spacial score (nSPS) is 15.3. The van der Waals surface area contributed by atoms with Gasteiger partial charge in [-0.3, -0.25) is 8.99 Å². The fourth-order valence-electron chi connectivity index (χ4n) is 2.70. The van der Waals surface area contributed by atoms with Gasteiger partial charge in [0.25, 0.3) is 10.0 Å². The number of anilines is 1. The molecule has 0 fully saturated rings. The molecule has 7 heteroatoms. The minimum atomic E-state index is -3.66. The molecule has 1 aliphatic heterocycles. The van der Waals surface area contributed by atoms with Crippen LogP contribution in [0.1, 0.15) is 18.4 Å². The van der Waals surface area contributed by atoms with Gasteiger partial charge in [-0.05, 0) is 37.0 Å². The molecule has 3 rings (SSSR count). The number of hydrogen-bond acceptors (Lipinski definition) is 4. The smallest absolute Gasteiger partial charge is 0.283 e. The summed E-state index contributed by atoms with van der Waals surface area (Å²) < 4.78 is 34.1. The van der Waals surface area contributed by atoms with Crippen LogP contribution >= 0.6 is 0 Å². The first-order chi connectivity index (χ1) is 10.5. The fraction of sp³-hybridized carbons (Fsp3) is 0.400. The minimum absolute atomic E-state index is 0.0747. The molecular weight excluding hydrogens is 302 g/mol. The van der Waals surface area contributed by atoms with Crippen LogP contribution in [-0.4, -0.2) is 31.9 Å². The highest BCUT2D eigenvalue weighted by Crippen LogP contribution is 2.33. The van der Waals surface area contributed by atoms with Crippen molar-refractivity contribution in [2.24, 2.45) is 7.05 Å². The van der Waals surface area contributed by atoms with Gasteiger partial charge in [0.05, 0.1) is 12.8 Å². The van der Waals surface area contributed by atoms with Crippen molar-refractivity contribution >= 4 is 15.7 Å². The monoisotopic (exact) mass is 321 g/mol. The van der Waals surface area contributed by atoms with Crippen LogP contribution in [0.2, 0.25) is 0 Å². The predicted molar refractivity (Wildman–Crippen MR) is 83.7 cm³/mol. The lowest BCUT2D eigenvalue weighted by molar-refractivity contribution is 0.415. The average Bonchev–Trinajstić information content (AvgIpc) is 2.83.